The van der Waals surface area contributed by atoms with Crippen molar-refractivity contribution in [3.63, 3.8) is 0 Å². The van der Waals surface area contributed by atoms with Crippen molar-refractivity contribution in [1.82, 2.24) is 14.9 Å². The first-order chi connectivity index (χ1) is 19.4. The minimum Gasteiger partial charge on any atom is -0.465 e. The highest BCUT2D eigenvalue weighted by molar-refractivity contribution is 7.84. The molecular formula is C25H25Cl2N5O7S2. The Morgan fingerprint density at radius 1 is 1.22 bits per heavy atom. The summed E-state index contributed by atoms with van der Waals surface area (Å²) in [6.45, 7) is -0.0196. The number of carbonyl (C=O) groups is 2. The molecule has 1 aliphatic carbocycles. The van der Waals surface area contributed by atoms with Crippen LogP contribution in [0.15, 0.2) is 36.8 Å². The minimum absolute atomic E-state index is 0.151. The molecule has 16 heteroatoms. The highest BCUT2D eigenvalue weighted by Crippen LogP contribution is 2.43. The summed E-state index contributed by atoms with van der Waals surface area (Å²) in [7, 11) is -4.15. The van der Waals surface area contributed by atoms with Crippen LogP contribution >= 0.6 is 34.5 Å². The molecule has 41 heavy (non-hydrogen) atoms. The van der Waals surface area contributed by atoms with Gasteiger partial charge in [-0.25, -0.2) is 19.9 Å². The number of nitrogens with zero attached hydrogens (tertiary/aromatic N) is 3. The summed E-state index contributed by atoms with van der Waals surface area (Å²) in [6.07, 6.45) is 1.79. The fourth-order valence-electron chi connectivity index (χ4n) is 5.33. The second kappa shape index (κ2) is 11.8. The van der Waals surface area contributed by atoms with Crippen molar-refractivity contribution in [2.24, 2.45) is 11.1 Å². The number of nitrogens with one attached hydrogen (secondary N) is 1. The predicted octanol–water partition coefficient (Wildman–Crippen LogP) is 3.47. The van der Waals surface area contributed by atoms with Crippen LogP contribution in [-0.2, 0) is 20.9 Å². The maximum absolute atomic E-state index is 13.7. The number of thiophene rings is 1. The van der Waals surface area contributed by atoms with Crippen molar-refractivity contribution in [2.75, 3.05) is 18.5 Å². The van der Waals surface area contributed by atoms with Crippen LogP contribution in [-0.4, -0.2) is 70.7 Å². The Balaban J connectivity index is 1.40. The Labute approximate surface area is 249 Å². The predicted molar refractivity (Wildman–Crippen MR) is 152 cm³/mol. The number of anilines is 1. The molecule has 1 amide bonds. The van der Waals surface area contributed by atoms with E-state index in [9.17, 15) is 28.2 Å². The van der Waals surface area contributed by atoms with E-state index in [0.29, 0.717) is 29.0 Å². The first-order valence-electron chi connectivity index (χ1n) is 12.4. The van der Waals surface area contributed by atoms with E-state index in [1.54, 1.807) is 18.2 Å². The second-order valence-corrected chi connectivity index (χ2v) is 13.2. The van der Waals surface area contributed by atoms with Crippen LogP contribution in [0.3, 0.4) is 0 Å². The van der Waals surface area contributed by atoms with Crippen molar-refractivity contribution in [3.8, 4) is 0 Å². The number of rotatable bonds is 8. The van der Waals surface area contributed by atoms with Crippen LogP contribution in [0.25, 0.3) is 0 Å². The smallest absolute Gasteiger partial charge is 0.408 e. The molecule has 2 aliphatic rings. The number of carbonyl (C=O) groups excluding carboxylic acids is 1. The molecule has 3 aromatic rings. The van der Waals surface area contributed by atoms with Gasteiger partial charge < -0.3 is 15.5 Å². The fraction of sp³-hybridized carbons (Fsp3) is 0.360. The maximum atomic E-state index is 13.7. The number of aliphatic hydroxyl groups is 1. The highest BCUT2D eigenvalue weighted by atomic mass is 35.5. The van der Waals surface area contributed by atoms with Crippen molar-refractivity contribution in [2.45, 2.75) is 37.5 Å². The van der Waals surface area contributed by atoms with Crippen molar-refractivity contribution < 1.29 is 32.4 Å². The topological polar surface area (TPSA) is 185 Å². The first-order valence-corrected chi connectivity index (χ1v) is 15.5. The van der Waals surface area contributed by atoms with E-state index < -0.39 is 40.2 Å². The monoisotopic (exact) mass is 641 g/mol. The average molecular weight is 643 g/mol. The largest absolute Gasteiger partial charge is 0.465 e. The lowest BCUT2D eigenvalue weighted by Crippen LogP contribution is -2.39. The lowest BCUT2D eigenvalue weighted by molar-refractivity contribution is 0.101. The molecular weight excluding hydrogens is 617 g/mol. The van der Waals surface area contributed by atoms with Gasteiger partial charge in [-0.15, -0.1) is 11.3 Å². The van der Waals surface area contributed by atoms with E-state index in [-0.39, 0.29) is 46.2 Å². The van der Waals surface area contributed by atoms with E-state index in [4.69, 9.17) is 28.3 Å². The molecule has 5 N–H and O–H groups in total. The van der Waals surface area contributed by atoms with Gasteiger partial charge in [0.15, 0.2) is 0 Å². The second-order valence-electron chi connectivity index (χ2n) is 9.84. The summed E-state index contributed by atoms with van der Waals surface area (Å²) < 4.78 is 27.2. The van der Waals surface area contributed by atoms with Crippen LogP contribution in [0.2, 0.25) is 9.36 Å². The average Bonchev–Trinajstić information content (AvgIpc) is 3.47. The number of halogens is 2. The van der Waals surface area contributed by atoms with E-state index in [0.717, 1.165) is 16.9 Å². The number of nitrogens with two attached hydrogens (primary N) is 1. The van der Waals surface area contributed by atoms with Gasteiger partial charge in [0, 0.05) is 35.3 Å². The molecule has 1 aromatic carbocycles. The molecule has 2 aromatic heterocycles. The molecule has 5 rings (SSSR count). The zero-order valence-corrected chi connectivity index (χ0v) is 24.4. The summed E-state index contributed by atoms with van der Waals surface area (Å²) in [5, 5.41) is 28.8. The molecule has 0 spiro atoms. The minimum atomic E-state index is -4.15. The van der Waals surface area contributed by atoms with Crippen LogP contribution in [0.4, 0.5) is 10.6 Å². The highest BCUT2D eigenvalue weighted by Gasteiger charge is 2.37. The number of hydrogen-bond acceptors (Lipinski definition) is 10. The number of ketones is 1. The normalized spacial score (nSPS) is 22.4. The number of fused-ring (bicyclic) bond motifs is 1. The van der Waals surface area contributed by atoms with E-state index in [2.05, 4.69) is 19.5 Å². The summed E-state index contributed by atoms with van der Waals surface area (Å²) in [5.41, 5.74) is 2.27. The third kappa shape index (κ3) is 6.48. The zero-order chi connectivity index (χ0) is 29.5. The van der Waals surface area contributed by atoms with E-state index in [1.807, 2.05) is 6.07 Å². The Hall–Kier alpha value is -2.85. The van der Waals surface area contributed by atoms with Crippen LogP contribution in [0.5, 0.6) is 0 Å². The van der Waals surface area contributed by atoms with E-state index in [1.165, 1.54) is 17.4 Å². The molecule has 1 fully saturated rings. The first kappa shape index (κ1) is 29.6. The number of hydrogen-bond donors (Lipinski definition) is 4. The fourth-order valence-corrected chi connectivity index (χ4v) is 7.15. The summed E-state index contributed by atoms with van der Waals surface area (Å²) in [4.78, 5) is 35.6. The maximum Gasteiger partial charge on any atom is 0.408 e. The number of carboxylic acid groups (broad SMARTS) is 1. The number of aliphatic hydroxyl groups excluding tert-OH is 1. The summed E-state index contributed by atoms with van der Waals surface area (Å²) >= 11 is 13.9. The quantitative estimate of drug-likeness (QED) is 0.265. The van der Waals surface area contributed by atoms with Crippen molar-refractivity contribution in [1.29, 1.82) is 0 Å². The van der Waals surface area contributed by atoms with Crippen LogP contribution < -0.4 is 10.5 Å². The zero-order valence-electron chi connectivity index (χ0n) is 21.2. The third-order valence-corrected chi connectivity index (χ3v) is 9.30. The molecule has 1 aliphatic heterocycles. The van der Waals surface area contributed by atoms with Crippen molar-refractivity contribution in [3.05, 3.63) is 73.3 Å². The van der Waals surface area contributed by atoms with Crippen molar-refractivity contribution >= 4 is 62.5 Å². The van der Waals surface area contributed by atoms with Gasteiger partial charge in [-0.1, -0.05) is 29.3 Å². The third-order valence-electron chi connectivity index (χ3n) is 7.21. The van der Waals surface area contributed by atoms with Gasteiger partial charge in [0.1, 0.15) is 12.1 Å². The number of amides is 1. The lowest BCUT2D eigenvalue weighted by Gasteiger charge is -2.35. The van der Waals surface area contributed by atoms with Crippen LogP contribution in [0, 0.1) is 5.92 Å². The molecule has 1 saturated carbocycles. The van der Waals surface area contributed by atoms with Gasteiger partial charge in [-0.3, -0.25) is 13.9 Å². The Bertz CT molecular complexity index is 1600. The molecule has 0 bridgehead atoms. The molecule has 4 atom stereocenters. The van der Waals surface area contributed by atoms with Gasteiger partial charge in [-0.2, -0.15) is 8.42 Å². The molecule has 0 unspecified atom stereocenters. The lowest BCUT2D eigenvalue weighted by atomic mass is 9.89. The standard InChI is InChI=1S/C25H25Cl2N5O7S2/c26-14-2-1-12-3-4-32(25(35)36)21(16(12)6-14)17-8-20(40-23(17)27)22(34)18-9-29-11-30-24(18)31-15-5-13(19(33)7-15)10-39-41(28,37)38/h1-2,6,8-9,11,13,15,19,21,33H,3-5,7,10H2,(H,35,36)(H2,28,37,38)(H,29,30,31)/t13-,15-,19+,21-/m1/s1. The molecule has 3 heterocycles. The summed E-state index contributed by atoms with van der Waals surface area (Å²) in [6, 6.07) is 5.83. The number of aromatic nitrogens is 2. The van der Waals surface area contributed by atoms with Crippen LogP contribution in [0.1, 0.15) is 50.8 Å². The SMILES string of the molecule is NS(=O)(=O)OC[C@H]1C[C@@H](Nc2ncncc2C(=O)c2cc([C@H]3c4cc(Cl)ccc4CCN3C(=O)O)c(Cl)s2)C[C@@H]1O. The summed E-state index contributed by atoms with van der Waals surface area (Å²) in [5.74, 6) is -0.694. The van der Waals surface area contributed by atoms with Gasteiger partial charge in [-0.05, 0) is 48.6 Å². The van der Waals surface area contributed by atoms with Gasteiger partial charge in [0.2, 0.25) is 5.78 Å². The van der Waals surface area contributed by atoms with Gasteiger partial charge in [0.05, 0.1) is 33.5 Å². The Morgan fingerprint density at radius 2 is 2.00 bits per heavy atom. The van der Waals surface area contributed by atoms with Gasteiger partial charge >= 0.3 is 16.4 Å². The van der Waals surface area contributed by atoms with E-state index >= 15 is 0 Å². The molecule has 0 saturated heterocycles. The molecule has 218 valence electrons. The Morgan fingerprint density at radius 3 is 2.73 bits per heavy atom. The Kier molecular flexibility index (Phi) is 8.53. The van der Waals surface area contributed by atoms with Gasteiger partial charge in [0.25, 0.3) is 0 Å². The molecule has 12 nitrogen and oxygen atoms in total. The molecule has 0 radical (unpaired) electrons. The number of benzene rings is 1.